The van der Waals surface area contributed by atoms with E-state index in [1.807, 2.05) is 0 Å². The standard InChI is InChI=1S/C20H32O3/c1-19(2,3)9-6-8-15-14(7-5-10-20(4)11-12-20)13-16(21)18(23)17(15)22/h13,21-23H,5-12H2,1-4H3. The molecule has 0 atom stereocenters. The molecule has 0 aliphatic heterocycles. The molecule has 1 aliphatic carbocycles. The van der Waals surface area contributed by atoms with E-state index in [2.05, 4.69) is 27.7 Å². The molecule has 0 saturated heterocycles. The third-order valence-electron chi connectivity index (χ3n) is 5.13. The van der Waals surface area contributed by atoms with Crippen LogP contribution >= 0.6 is 0 Å². The molecule has 1 saturated carbocycles. The Balaban J connectivity index is 2.07. The van der Waals surface area contributed by atoms with E-state index < -0.39 is 0 Å². The van der Waals surface area contributed by atoms with Gasteiger partial charge in [0.15, 0.2) is 11.5 Å². The largest absolute Gasteiger partial charge is 0.504 e. The molecule has 3 nitrogen and oxygen atoms in total. The molecule has 1 aromatic rings. The minimum absolute atomic E-state index is 0.133. The fourth-order valence-electron chi connectivity index (χ4n) is 3.20. The van der Waals surface area contributed by atoms with Crippen molar-refractivity contribution in [1.82, 2.24) is 0 Å². The van der Waals surface area contributed by atoms with Crippen LogP contribution in [0.3, 0.4) is 0 Å². The van der Waals surface area contributed by atoms with Crippen LogP contribution in [0.5, 0.6) is 17.2 Å². The number of benzene rings is 1. The first-order chi connectivity index (χ1) is 10.6. The quantitative estimate of drug-likeness (QED) is 0.598. The van der Waals surface area contributed by atoms with Gasteiger partial charge in [-0.2, -0.15) is 0 Å². The number of hydrogen-bond acceptors (Lipinski definition) is 3. The van der Waals surface area contributed by atoms with Crippen molar-refractivity contribution < 1.29 is 15.3 Å². The molecule has 0 bridgehead atoms. The molecule has 3 heteroatoms. The normalized spacial score (nSPS) is 16.5. The van der Waals surface area contributed by atoms with E-state index in [1.165, 1.54) is 19.3 Å². The highest BCUT2D eigenvalue weighted by Gasteiger charge is 2.36. The zero-order valence-electron chi connectivity index (χ0n) is 15.1. The zero-order chi connectivity index (χ0) is 17.3. The summed E-state index contributed by atoms with van der Waals surface area (Å²) in [5.41, 5.74) is 2.57. The molecule has 23 heavy (non-hydrogen) atoms. The molecule has 130 valence electrons. The Hall–Kier alpha value is -1.38. The van der Waals surface area contributed by atoms with E-state index >= 15 is 0 Å². The van der Waals surface area contributed by atoms with Crippen LogP contribution in [0.4, 0.5) is 0 Å². The second kappa shape index (κ2) is 6.62. The van der Waals surface area contributed by atoms with Gasteiger partial charge in [-0.3, -0.25) is 0 Å². The van der Waals surface area contributed by atoms with Crippen LogP contribution in [0, 0.1) is 10.8 Å². The topological polar surface area (TPSA) is 60.7 Å². The maximum absolute atomic E-state index is 10.3. The van der Waals surface area contributed by atoms with E-state index in [0.29, 0.717) is 5.41 Å². The number of aryl methyl sites for hydroxylation is 1. The Morgan fingerprint density at radius 2 is 1.65 bits per heavy atom. The Labute approximate surface area is 140 Å². The van der Waals surface area contributed by atoms with Crippen LogP contribution in [0.2, 0.25) is 0 Å². The third kappa shape index (κ3) is 5.05. The van der Waals surface area contributed by atoms with Crippen molar-refractivity contribution in [2.45, 2.75) is 79.1 Å². The van der Waals surface area contributed by atoms with E-state index in [-0.39, 0.29) is 22.7 Å². The highest BCUT2D eigenvalue weighted by atomic mass is 16.3. The maximum atomic E-state index is 10.3. The smallest absolute Gasteiger partial charge is 0.200 e. The molecule has 0 amide bonds. The lowest BCUT2D eigenvalue weighted by Gasteiger charge is -2.19. The second-order valence-corrected chi connectivity index (χ2v) is 8.81. The number of phenolic OH excluding ortho intramolecular Hbond substituents is 3. The molecule has 1 aromatic carbocycles. The van der Waals surface area contributed by atoms with Crippen LogP contribution in [0.1, 0.15) is 77.3 Å². The van der Waals surface area contributed by atoms with Crippen molar-refractivity contribution in [3.8, 4) is 17.2 Å². The van der Waals surface area contributed by atoms with Crippen LogP contribution in [-0.4, -0.2) is 15.3 Å². The van der Waals surface area contributed by atoms with Crippen molar-refractivity contribution in [3.63, 3.8) is 0 Å². The molecule has 1 aliphatic rings. The zero-order valence-corrected chi connectivity index (χ0v) is 15.1. The number of rotatable bonds is 7. The number of aromatic hydroxyl groups is 3. The van der Waals surface area contributed by atoms with Gasteiger partial charge in [0.05, 0.1) is 0 Å². The van der Waals surface area contributed by atoms with Gasteiger partial charge in [-0.05, 0) is 73.8 Å². The van der Waals surface area contributed by atoms with Crippen LogP contribution in [0.25, 0.3) is 0 Å². The number of phenols is 3. The van der Waals surface area contributed by atoms with Crippen molar-refractivity contribution in [1.29, 1.82) is 0 Å². The van der Waals surface area contributed by atoms with Crippen LogP contribution in [0.15, 0.2) is 6.07 Å². The van der Waals surface area contributed by atoms with Gasteiger partial charge in [0.1, 0.15) is 0 Å². The SMILES string of the molecule is CC(C)(C)CCCc1c(CCCC2(C)CC2)cc(O)c(O)c1O. The highest BCUT2D eigenvalue weighted by Crippen LogP contribution is 2.49. The van der Waals surface area contributed by atoms with E-state index in [0.717, 1.165) is 43.2 Å². The molecule has 0 unspecified atom stereocenters. The Bertz CT molecular complexity index is 551. The summed E-state index contributed by atoms with van der Waals surface area (Å²) in [4.78, 5) is 0. The van der Waals surface area contributed by atoms with Gasteiger partial charge >= 0.3 is 0 Å². The molecule has 0 aromatic heterocycles. The molecule has 2 rings (SSSR count). The van der Waals surface area contributed by atoms with Crippen molar-refractivity contribution in [3.05, 3.63) is 17.2 Å². The average molecular weight is 320 g/mol. The summed E-state index contributed by atoms with van der Waals surface area (Å²) < 4.78 is 0. The summed E-state index contributed by atoms with van der Waals surface area (Å²) in [6.07, 6.45) is 8.50. The van der Waals surface area contributed by atoms with Crippen molar-refractivity contribution in [2.75, 3.05) is 0 Å². The minimum atomic E-state index is -0.381. The molecule has 3 N–H and O–H groups in total. The minimum Gasteiger partial charge on any atom is -0.504 e. The predicted octanol–water partition coefficient (Wildman–Crippen LogP) is 5.30. The van der Waals surface area contributed by atoms with E-state index in [1.54, 1.807) is 6.07 Å². The summed E-state index contributed by atoms with van der Waals surface area (Å²) in [7, 11) is 0. The van der Waals surface area contributed by atoms with Crippen molar-refractivity contribution in [2.24, 2.45) is 10.8 Å². The van der Waals surface area contributed by atoms with Gasteiger partial charge in [-0.25, -0.2) is 0 Å². The van der Waals surface area contributed by atoms with Crippen LogP contribution in [-0.2, 0) is 12.8 Å². The fraction of sp³-hybridized carbons (Fsp3) is 0.700. The van der Waals surface area contributed by atoms with Gasteiger partial charge in [-0.15, -0.1) is 0 Å². The van der Waals surface area contributed by atoms with Crippen molar-refractivity contribution >= 4 is 0 Å². The van der Waals surface area contributed by atoms with Gasteiger partial charge in [0.25, 0.3) is 0 Å². The van der Waals surface area contributed by atoms with E-state index in [9.17, 15) is 15.3 Å². The first-order valence-corrected chi connectivity index (χ1v) is 8.87. The molecule has 1 fully saturated rings. The first-order valence-electron chi connectivity index (χ1n) is 8.87. The van der Waals surface area contributed by atoms with Gasteiger partial charge in [-0.1, -0.05) is 27.7 Å². The summed E-state index contributed by atoms with van der Waals surface area (Å²) in [6, 6.07) is 1.64. The maximum Gasteiger partial charge on any atom is 0.200 e. The molecular formula is C20H32O3. The molecule has 0 radical (unpaired) electrons. The average Bonchev–Trinajstić information content (AvgIpc) is 3.16. The Morgan fingerprint density at radius 1 is 1.00 bits per heavy atom. The summed E-state index contributed by atoms with van der Waals surface area (Å²) in [5.74, 6) is -0.727. The summed E-state index contributed by atoms with van der Waals surface area (Å²) in [6.45, 7) is 8.94. The Kier molecular flexibility index (Phi) is 5.17. The lowest BCUT2D eigenvalue weighted by Crippen LogP contribution is -2.06. The fourth-order valence-corrected chi connectivity index (χ4v) is 3.20. The lowest BCUT2D eigenvalue weighted by atomic mass is 9.87. The summed E-state index contributed by atoms with van der Waals surface area (Å²) in [5, 5.41) is 29.9. The Morgan fingerprint density at radius 3 is 2.22 bits per heavy atom. The predicted molar refractivity (Wildman–Crippen MR) is 94.1 cm³/mol. The molecule has 0 spiro atoms. The molecule has 0 heterocycles. The van der Waals surface area contributed by atoms with Gasteiger partial charge in [0, 0.05) is 5.56 Å². The lowest BCUT2D eigenvalue weighted by molar-refractivity contribution is 0.353. The second-order valence-electron chi connectivity index (χ2n) is 8.81. The van der Waals surface area contributed by atoms with Crippen LogP contribution < -0.4 is 0 Å². The summed E-state index contributed by atoms with van der Waals surface area (Å²) >= 11 is 0. The monoisotopic (exact) mass is 320 g/mol. The van der Waals surface area contributed by atoms with E-state index in [4.69, 9.17) is 0 Å². The number of hydrogen-bond donors (Lipinski definition) is 3. The first kappa shape index (κ1) is 18.0. The highest BCUT2D eigenvalue weighted by molar-refractivity contribution is 5.57. The van der Waals surface area contributed by atoms with Gasteiger partial charge < -0.3 is 15.3 Å². The van der Waals surface area contributed by atoms with Gasteiger partial charge in [0.2, 0.25) is 5.75 Å². The third-order valence-corrected chi connectivity index (χ3v) is 5.13. The molecular weight excluding hydrogens is 288 g/mol.